The Kier molecular flexibility index (Phi) is 9.28. The van der Waals surface area contributed by atoms with Gasteiger partial charge in [0.2, 0.25) is 0 Å². The Hall–Kier alpha value is -0.970. The van der Waals surface area contributed by atoms with E-state index in [1.54, 1.807) is 0 Å². The maximum absolute atomic E-state index is 8.77. The molecule has 4 nitrogen and oxygen atoms in total. The minimum absolute atomic E-state index is 0. The standard InChI is InChI=1S/C17H27NO3.ClH/c1-2-20-17-12-14(13-18-10-5-11-19)8-9-16(17)21-15-6-3-4-7-15;/h8-9,12,15,18-19H,2-7,10-11,13H2,1H3;1H. The van der Waals surface area contributed by atoms with Crippen molar-refractivity contribution >= 4 is 12.4 Å². The number of ether oxygens (including phenoxy) is 2. The summed E-state index contributed by atoms with van der Waals surface area (Å²) < 4.78 is 11.8. The van der Waals surface area contributed by atoms with Crippen LogP contribution in [0.3, 0.4) is 0 Å². The first kappa shape index (κ1) is 19.1. The fraction of sp³-hybridized carbons (Fsp3) is 0.647. The topological polar surface area (TPSA) is 50.7 Å². The predicted octanol–water partition coefficient (Wildman–Crippen LogP) is 3.30. The summed E-state index contributed by atoms with van der Waals surface area (Å²) in [4.78, 5) is 0. The maximum atomic E-state index is 8.77. The molecule has 0 aromatic heterocycles. The summed E-state index contributed by atoms with van der Waals surface area (Å²) in [6.07, 6.45) is 5.95. The van der Waals surface area contributed by atoms with Crippen LogP contribution in [0.5, 0.6) is 11.5 Å². The van der Waals surface area contributed by atoms with E-state index in [9.17, 15) is 0 Å². The Morgan fingerprint density at radius 3 is 2.68 bits per heavy atom. The van der Waals surface area contributed by atoms with Crippen molar-refractivity contribution in [3.8, 4) is 11.5 Å². The number of nitrogens with one attached hydrogen (secondary N) is 1. The van der Waals surface area contributed by atoms with Crippen LogP contribution in [0.25, 0.3) is 0 Å². The van der Waals surface area contributed by atoms with E-state index in [1.807, 2.05) is 13.0 Å². The number of benzene rings is 1. The minimum Gasteiger partial charge on any atom is -0.490 e. The molecular formula is C17H28ClNO3. The second kappa shape index (κ2) is 10.7. The van der Waals surface area contributed by atoms with E-state index in [4.69, 9.17) is 14.6 Å². The third-order valence-electron chi connectivity index (χ3n) is 3.74. The first-order chi connectivity index (χ1) is 10.3. The Labute approximate surface area is 139 Å². The second-order valence-electron chi connectivity index (χ2n) is 5.49. The van der Waals surface area contributed by atoms with E-state index in [1.165, 1.54) is 18.4 Å². The van der Waals surface area contributed by atoms with Crippen LogP contribution in [0.4, 0.5) is 0 Å². The van der Waals surface area contributed by atoms with Gasteiger partial charge in [-0.05, 0) is 63.3 Å². The summed E-state index contributed by atoms with van der Waals surface area (Å²) in [5.41, 5.74) is 1.18. The third-order valence-corrected chi connectivity index (χ3v) is 3.74. The van der Waals surface area contributed by atoms with Gasteiger partial charge in [0, 0.05) is 13.2 Å². The molecule has 0 aliphatic heterocycles. The first-order valence-corrected chi connectivity index (χ1v) is 8.07. The summed E-state index contributed by atoms with van der Waals surface area (Å²) in [5.74, 6) is 1.70. The molecule has 1 aromatic rings. The monoisotopic (exact) mass is 329 g/mol. The molecule has 0 heterocycles. The number of halogens is 1. The van der Waals surface area contributed by atoms with Crippen LogP contribution in [-0.4, -0.2) is 31.0 Å². The average molecular weight is 330 g/mol. The van der Waals surface area contributed by atoms with Crippen LogP contribution in [0.15, 0.2) is 18.2 Å². The van der Waals surface area contributed by atoms with Crippen LogP contribution < -0.4 is 14.8 Å². The highest BCUT2D eigenvalue weighted by atomic mass is 35.5. The lowest BCUT2D eigenvalue weighted by molar-refractivity contribution is 0.196. The molecule has 0 saturated heterocycles. The number of rotatable bonds is 9. The Bertz CT molecular complexity index is 422. The highest BCUT2D eigenvalue weighted by Crippen LogP contribution is 2.32. The number of hydrogen-bond donors (Lipinski definition) is 2. The van der Waals surface area contributed by atoms with E-state index in [0.717, 1.165) is 43.9 Å². The van der Waals surface area contributed by atoms with E-state index < -0.39 is 0 Å². The highest BCUT2D eigenvalue weighted by Gasteiger charge is 2.18. The van der Waals surface area contributed by atoms with Crippen molar-refractivity contribution in [3.63, 3.8) is 0 Å². The van der Waals surface area contributed by atoms with Crippen LogP contribution in [-0.2, 0) is 6.54 Å². The molecule has 2 N–H and O–H groups in total. The molecule has 0 radical (unpaired) electrons. The molecule has 0 unspecified atom stereocenters. The van der Waals surface area contributed by atoms with Crippen molar-refractivity contribution < 1.29 is 14.6 Å². The van der Waals surface area contributed by atoms with Gasteiger partial charge in [-0.25, -0.2) is 0 Å². The van der Waals surface area contributed by atoms with Crippen molar-refractivity contribution in [2.75, 3.05) is 19.8 Å². The number of hydrogen-bond acceptors (Lipinski definition) is 4. The number of aliphatic hydroxyl groups is 1. The van der Waals surface area contributed by atoms with E-state index >= 15 is 0 Å². The zero-order valence-electron chi connectivity index (χ0n) is 13.3. The molecule has 0 bridgehead atoms. The van der Waals surface area contributed by atoms with E-state index in [0.29, 0.717) is 12.7 Å². The molecule has 5 heteroatoms. The third kappa shape index (κ3) is 6.03. The lowest BCUT2D eigenvalue weighted by atomic mass is 10.2. The van der Waals surface area contributed by atoms with Gasteiger partial charge in [-0.3, -0.25) is 0 Å². The second-order valence-corrected chi connectivity index (χ2v) is 5.49. The Balaban J connectivity index is 0.00000242. The lowest BCUT2D eigenvalue weighted by Gasteiger charge is -2.17. The molecule has 1 aliphatic rings. The van der Waals surface area contributed by atoms with Gasteiger partial charge in [-0.15, -0.1) is 12.4 Å². The molecule has 1 fully saturated rings. The summed E-state index contributed by atoms with van der Waals surface area (Å²) in [6.45, 7) is 4.46. The van der Waals surface area contributed by atoms with Gasteiger partial charge in [0.15, 0.2) is 11.5 Å². The van der Waals surface area contributed by atoms with Crippen molar-refractivity contribution in [1.82, 2.24) is 5.32 Å². The molecule has 2 rings (SSSR count). The number of aliphatic hydroxyl groups excluding tert-OH is 1. The van der Waals surface area contributed by atoms with Crippen LogP contribution in [0.2, 0.25) is 0 Å². The minimum atomic E-state index is 0. The zero-order chi connectivity index (χ0) is 14.9. The molecule has 126 valence electrons. The molecule has 0 spiro atoms. The first-order valence-electron chi connectivity index (χ1n) is 8.07. The van der Waals surface area contributed by atoms with Crippen molar-refractivity contribution in [1.29, 1.82) is 0 Å². The van der Waals surface area contributed by atoms with Crippen LogP contribution in [0.1, 0.15) is 44.6 Å². The van der Waals surface area contributed by atoms with Gasteiger partial charge in [-0.2, -0.15) is 0 Å². The van der Waals surface area contributed by atoms with Crippen molar-refractivity contribution in [2.24, 2.45) is 0 Å². The molecule has 0 amide bonds. The molecule has 0 atom stereocenters. The van der Waals surface area contributed by atoms with Crippen molar-refractivity contribution in [3.05, 3.63) is 23.8 Å². The molecule has 1 aromatic carbocycles. The maximum Gasteiger partial charge on any atom is 0.161 e. The zero-order valence-corrected chi connectivity index (χ0v) is 14.2. The Morgan fingerprint density at radius 1 is 1.23 bits per heavy atom. The van der Waals surface area contributed by atoms with E-state index in [2.05, 4.69) is 17.4 Å². The summed E-state index contributed by atoms with van der Waals surface area (Å²) in [7, 11) is 0. The van der Waals surface area contributed by atoms with Crippen molar-refractivity contribution in [2.45, 2.75) is 51.7 Å². The fourth-order valence-corrected chi connectivity index (χ4v) is 2.65. The van der Waals surface area contributed by atoms with Gasteiger partial charge >= 0.3 is 0 Å². The van der Waals surface area contributed by atoms with Gasteiger partial charge in [0.25, 0.3) is 0 Å². The summed E-state index contributed by atoms with van der Waals surface area (Å²) in [5, 5.41) is 12.1. The smallest absolute Gasteiger partial charge is 0.161 e. The van der Waals surface area contributed by atoms with Gasteiger partial charge < -0.3 is 19.9 Å². The van der Waals surface area contributed by atoms with Gasteiger partial charge in [-0.1, -0.05) is 6.07 Å². The quantitative estimate of drug-likeness (QED) is 0.682. The van der Waals surface area contributed by atoms with Crippen LogP contribution >= 0.6 is 12.4 Å². The summed E-state index contributed by atoms with van der Waals surface area (Å²) in [6, 6.07) is 6.16. The average Bonchev–Trinajstić information content (AvgIpc) is 2.99. The molecule has 1 aliphatic carbocycles. The molecular weight excluding hydrogens is 302 g/mol. The largest absolute Gasteiger partial charge is 0.490 e. The lowest BCUT2D eigenvalue weighted by Crippen LogP contribution is -2.16. The van der Waals surface area contributed by atoms with Gasteiger partial charge in [0.05, 0.1) is 12.7 Å². The highest BCUT2D eigenvalue weighted by molar-refractivity contribution is 5.85. The molecule has 22 heavy (non-hydrogen) atoms. The molecule has 1 saturated carbocycles. The fourth-order valence-electron chi connectivity index (χ4n) is 2.65. The van der Waals surface area contributed by atoms with Crippen LogP contribution in [0, 0.1) is 0 Å². The normalized spacial score (nSPS) is 14.6. The van der Waals surface area contributed by atoms with Gasteiger partial charge in [0.1, 0.15) is 0 Å². The summed E-state index contributed by atoms with van der Waals surface area (Å²) >= 11 is 0. The predicted molar refractivity (Wildman–Crippen MR) is 91.2 cm³/mol. The van der Waals surface area contributed by atoms with E-state index in [-0.39, 0.29) is 19.0 Å². The SMILES string of the molecule is CCOc1cc(CNCCCO)ccc1OC1CCCC1.Cl. The Morgan fingerprint density at radius 2 is 2.00 bits per heavy atom.